The standard InChI is InChI=1S/C13H21N3/c1-3-11(4-1)13-9-15-10-16(13)12-5-2-7-14-8-6-12/h9-12,14H,1-8H2. The first kappa shape index (κ1) is 10.3. The molecule has 1 saturated carbocycles. The Morgan fingerprint density at radius 3 is 2.88 bits per heavy atom. The Labute approximate surface area is 97.3 Å². The molecule has 1 unspecified atom stereocenters. The minimum atomic E-state index is 0.688. The van der Waals surface area contributed by atoms with Crippen LogP contribution in [0, 0.1) is 0 Å². The molecular weight excluding hydrogens is 198 g/mol. The molecule has 1 aliphatic heterocycles. The van der Waals surface area contributed by atoms with Crippen molar-refractivity contribution >= 4 is 0 Å². The van der Waals surface area contributed by atoms with Gasteiger partial charge in [0.15, 0.2) is 0 Å². The lowest BCUT2D eigenvalue weighted by Gasteiger charge is -2.29. The van der Waals surface area contributed by atoms with Gasteiger partial charge in [0.25, 0.3) is 0 Å². The molecule has 2 heterocycles. The third-order valence-electron chi connectivity index (χ3n) is 4.16. The van der Waals surface area contributed by atoms with Gasteiger partial charge in [-0.25, -0.2) is 4.98 Å². The highest BCUT2D eigenvalue weighted by Crippen LogP contribution is 2.38. The number of hydrogen-bond acceptors (Lipinski definition) is 2. The first-order chi connectivity index (χ1) is 7.95. The Kier molecular flexibility index (Phi) is 2.96. The van der Waals surface area contributed by atoms with Crippen LogP contribution in [0.25, 0.3) is 0 Å². The van der Waals surface area contributed by atoms with Crippen LogP contribution in [-0.4, -0.2) is 22.6 Å². The minimum Gasteiger partial charge on any atom is -0.331 e. The minimum absolute atomic E-state index is 0.688. The Hall–Kier alpha value is -0.830. The Morgan fingerprint density at radius 2 is 2.06 bits per heavy atom. The average molecular weight is 219 g/mol. The van der Waals surface area contributed by atoms with Crippen LogP contribution in [0.2, 0.25) is 0 Å². The number of imidazole rings is 1. The van der Waals surface area contributed by atoms with E-state index in [2.05, 4.69) is 27.4 Å². The Morgan fingerprint density at radius 1 is 1.12 bits per heavy atom. The highest BCUT2D eigenvalue weighted by atomic mass is 15.1. The van der Waals surface area contributed by atoms with Crippen molar-refractivity contribution in [1.29, 1.82) is 0 Å². The van der Waals surface area contributed by atoms with Gasteiger partial charge in [-0.3, -0.25) is 0 Å². The van der Waals surface area contributed by atoms with Gasteiger partial charge in [0.2, 0.25) is 0 Å². The fourth-order valence-electron chi connectivity index (χ4n) is 2.92. The summed E-state index contributed by atoms with van der Waals surface area (Å²) in [6.07, 6.45) is 12.2. The van der Waals surface area contributed by atoms with E-state index >= 15 is 0 Å². The topological polar surface area (TPSA) is 29.9 Å². The quantitative estimate of drug-likeness (QED) is 0.828. The van der Waals surface area contributed by atoms with Crippen LogP contribution in [0.1, 0.15) is 56.2 Å². The number of nitrogens with zero attached hydrogens (tertiary/aromatic N) is 2. The van der Waals surface area contributed by atoms with Crippen LogP contribution in [0.15, 0.2) is 12.5 Å². The molecule has 0 radical (unpaired) electrons. The molecule has 0 aromatic carbocycles. The van der Waals surface area contributed by atoms with Crippen LogP contribution in [0.5, 0.6) is 0 Å². The maximum Gasteiger partial charge on any atom is 0.0950 e. The molecule has 0 spiro atoms. The van der Waals surface area contributed by atoms with E-state index in [1.807, 2.05) is 0 Å². The predicted molar refractivity (Wildman–Crippen MR) is 64.6 cm³/mol. The average Bonchev–Trinajstić information content (AvgIpc) is 2.52. The van der Waals surface area contributed by atoms with Crippen LogP contribution < -0.4 is 5.32 Å². The molecule has 1 aromatic heterocycles. The molecule has 3 rings (SSSR count). The van der Waals surface area contributed by atoms with Crippen molar-refractivity contribution in [3.63, 3.8) is 0 Å². The van der Waals surface area contributed by atoms with Gasteiger partial charge in [-0.15, -0.1) is 0 Å². The molecule has 3 heteroatoms. The van der Waals surface area contributed by atoms with Crippen molar-refractivity contribution in [1.82, 2.24) is 14.9 Å². The first-order valence-corrected chi connectivity index (χ1v) is 6.67. The summed E-state index contributed by atoms with van der Waals surface area (Å²) in [7, 11) is 0. The molecule has 1 N–H and O–H groups in total. The number of nitrogens with one attached hydrogen (secondary N) is 1. The van der Waals surface area contributed by atoms with Crippen molar-refractivity contribution in [3.8, 4) is 0 Å². The zero-order chi connectivity index (χ0) is 10.8. The van der Waals surface area contributed by atoms with E-state index in [0.29, 0.717) is 6.04 Å². The fraction of sp³-hybridized carbons (Fsp3) is 0.769. The van der Waals surface area contributed by atoms with E-state index in [0.717, 1.165) is 12.5 Å². The molecular formula is C13H21N3. The summed E-state index contributed by atoms with van der Waals surface area (Å²) in [6, 6.07) is 0.688. The number of hydrogen-bond donors (Lipinski definition) is 1. The van der Waals surface area contributed by atoms with Crippen LogP contribution in [-0.2, 0) is 0 Å². The van der Waals surface area contributed by atoms with E-state index in [4.69, 9.17) is 0 Å². The SMILES string of the molecule is c1ncn(C2CCCNCC2)c1C1CCC1. The van der Waals surface area contributed by atoms with Crippen molar-refractivity contribution in [3.05, 3.63) is 18.2 Å². The second kappa shape index (κ2) is 4.58. The molecule has 1 aliphatic carbocycles. The lowest BCUT2D eigenvalue weighted by atomic mass is 9.83. The van der Waals surface area contributed by atoms with E-state index in [-0.39, 0.29) is 0 Å². The third kappa shape index (κ3) is 1.88. The molecule has 2 aliphatic rings. The van der Waals surface area contributed by atoms with Crippen molar-refractivity contribution < 1.29 is 0 Å². The van der Waals surface area contributed by atoms with Crippen molar-refractivity contribution in [2.24, 2.45) is 0 Å². The van der Waals surface area contributed by atoms with Gasteiger partial charge < -0.3 is 9.88 Å². The monoisotopic (exact) mass is 219 g/mol. The van der Waals surface area contributed by atoms with Crippen LogP contribution >= 0.6 is 0 Å². The van der Waals surface area contributed by atoms with Crippen molar-refractivity contribution in [2.75, 3.05) is 13.1 Å². The summed E-state index contributed by atoms with van der Waals surface area (Å²) in [5, 5.41) is 3.48. The lowest BCUT2D eigenvalue weighted by molar-refractivity contribution is 0.366. The lowest BCUT2D eigenvalue weighted by Crippen LogP contribution is -2.19. The van der Waals surface area contributed by atoms with Gasteiger partial charge in [0.1, 0.15) is 0 Å². The second-order valence-electron chi connectivity index (χ2n) is 5.19. The molecule has 88 valence electrons. The van der Waals surface area contributed by atoms with Gasteiger partial charge in [-0.1, -0.05) is 6.42 Å². The number of aromatic nitrogens is 2. The molecule has 1 saturated heterocycles. The molecule has 16 heavy (non-hydrogen) atoms. The summed E-state index contributed by atoms with van der Waals surface area (Å²) >= 11 is 0. The summed E-state index contributed by atoms with van der Waals surface area (Å²) in [5.41, 5.74) is 1.50. The van der Waals surface area contributed by atoms with Gasteiger partial charge in [-0.2, -0.15) is 0 Å². The zero-order valence-electron chi connectivity index (χ0n) is 9.86. The van der Waals surface area contributed by atoms with Crippen molar-refractivity contribution in [2.45, 2.75) is 50.5 Å². The highest BCUT2D eigenvalue weighted by Gasteiger charge is 2.25. The van der Waals surface area contributed by atoms with E-state index in [1.54, 1.807) is 0 Å². The number of rotatable bonds is 2. The smallest absolute Gasteiger partial charge is 0.0950 e. The first-order valence-electron chi connectivity index (χ1n) is 6.67. The largest absolute Gasteiger partial charge is 0.331 e. The van der Waals surface area contributed by atoms with Crippen LogP contribution in [0.4, 0.5) is 0 Å². The fourth-order valence-corrected chi connectivity index (χ4v) is 2.92. The van der Waals surface area contributed by atoms with Gasteiger partial charge in [-0.05, 0) is 45.2 Å². The zero-order valence-corrected chi connectivity index (χ0v) is 9.86. The van der Waals surface area contributed by atoms with E-state index in [9.17, 15) is 0 Å². The molecule has 0 amide bonds. The molecule has 2 fully saturated rings. The van der Waals surface area contributed by atoms with E-state index in [1.165, 1.54) is 50.8 Å². The second-order valence-corrected chi connectivity index (χ2v) is 5.19. The third-order valence-corrected chi connectivity index (χ3v) is 4.16. The predicted octanol–water partition coefficient (Wildman–Crippen LogP) is 2.47. The normalized spacial score (nSPS) is 27.4. The molecule has 3 nitrogen and oxygen atoms in total. The maximum absolute atomic E-state index is 4.37. The summed E-state index contributed by atoms with van der Waals surface area (Å²) in [6.45, 7) is 2.34. The van der Waals surface area contributed by atoms with E-state index < -0.39 is 0 Å². The van der Waals surface area contributed by atoms with Crippen LogP contribution in [0.3, 0.4) is 0 Å². The molecule has 0 bridgehead atoms. The Balaban J connectivity index is 1.78. The maximum atomic E-state index is 4.37. The summed E-state index contributed by atoms with van der Waals surface area (Å²) in [5.74, 6) is 0.804. The summed E-state index contributed by atoms with van der Waals surface area (Å²) in [4.78, 5) is 4.37. The molecule has 1 aromatic rings. The molecule has 1 atom stereocenters. The van der Waals surface area contributed by atoms with Gasteiger partial charge >= 0.3 is 0 Å². The highest BCUT2D eigenvalue weighted by molar-refractivity contribution is 5.11. The summed E-state index contributed by atoms with van der Waals surface area (Å²) < 4.78 is 2.47. The van der Waals surface area contributed by atoms with Gasteiger partial charge in [0, 0.05) is 23.9 Å². The Bertz CT molecular complexity index is 333. The van der Waals surface area contributed by atoms with Gasteiger partial charge in [0.05, 0.1) is 6.33 Å².